The Morgan fingerprint density at radius 3 is 1.79 bits per heavy atom. The third kappa shape index (κ3) is 6.41. The van der Waals surface area contributed by atoms with Crippen LogP contribution in [0.3, 0.4) is 0 Å². The van der Waals surface area contributed by atoms with E-state index in [1.807, 2.05) is 0 Å². The molecule has 0 bridgehead atoms. The van der Waals surface area contributed by atoms with Gasteiger partial charge in [-0.05, 0) is 143 Å². The minimum absolute atomic E-state index is 0.111. The molecule has 0 fully saturated rings. The molecule has 1 atom stereocenters. The Bertz CT molecular complexity index is 3170. The molecule has 8 aromatic carbocycles. The number of fused-ring (bicyclic) bond motifs is 5. The van der Waals surface area contributed by atoms with Gasteiger partial charge in [-0.3, -0.25) is 0 Å². The fourth-order valence-electron chi connectivity index (χ4n) is 10.6. The van der Waals surface area contributed by atoms with E-state index >= 15 is 0 Å². The van der Waals surface area contributed by atoms with Crippen LogP contribution in [-0.4, -0.2) is 6.04 Å². The first-order chi connectivity index (χ1) is 30.7. The number of hydrogen-bond acceptors (Lipinski definition) is 2. The van der Waals surface area contributed by atoms with Gasteiger partial charge in [-0.2, -0.15) is 0 Å². The van der Waals surface area contributed by atoms with E-state index in [0.29, 0.717) is 0 Å². The maximum atomic E-state index is 2.67. The van der Waals surface area contributed by atoms with Gasteiger partial charge >= 0.3 is 0 Å². The molecule has 12 rings (SSSR count). The largest absolute Gasteiger partial charge is 0.333 e. The molecule has 0 aromatic heterocycles. The lowest BCUT2D eigenvalue weighted by Crippen LogP contribution is -2.32. The van der Waals surface area contributed by atoms with Crippen molar-refractivity contribution in [3.05, 3.63) is 222 Å². The van der Waals surface area contributed by atoms with Gasteiger partial charge in [0.05, 0.1) is 17.4 Å². The summed E-state index contributed by atoms with van der Waals surface area (Å²) in [5.41, 5.74) is 16.8. The van der Waals surface area contributed by atoms with Gasteiger partial charge in [0.15, 0.2) is 0 Å². The number of rotatable bonds is 7. The van der Waals surface area contributed by atoms with E-state index in [1.54, 1.807) is 0 Å². The van der Waals surface area contributed by atoms with E-state index in [0.717, 1.165) is 44.9 Å². The van der Waals surface area contributed by atoms with Crippen molar-refractivity contribution in [2.45, 2.75) is 51.0 Å². The first-order valence-electron chi connectivity index (χ1n) is 22.5. The van der Waals surface area contributed by atoms with E-state index in [2.05, 4.69) is 210 Å². The van der Waals surface area contributed by atoms with Crippen LogP contribution in [-0.2, 0) is 12.8 Å². The maximum absolute atomic E-state index is 2.67. The molecule has 4 aliphatic rings. The van der Waals surface area contributed by atoms with Crippen LogP contribution in [0.1, 0.15) is 54.4 Å². The summed E-state index contributed by atoms with van der Waals surface area (Å²) in [5, 5.41) is 7.43. The molecule has 1 unspecified atom stereocenters. The summed E-state index contributed by atoms with van der Waals surface area (Å²) in [6.07, 6.45) is 26.5. The Morgan fingerprint density at radius 2 is 1.03 bits per heavy atom. The predicted molar refractivity (Wildman–Crippen MR) is 265 cm³/mol. The minimum atomic E-state index is 0.111. The van der Waals surface area contributed by atoms with Crippen molar-refractivity contribution in [2.24, 2.45) is 0 Å². The van der Waals surface area contributed by atoms with E-state index in [9.17, 15) is 0 Å². The summed E-state index contributed by atoms with van der Waals surface area (Å²) >= 11 is 0. The van der Waals surface area contributed by atoms with Gasteiger partial charge in [-0.25, -0.2) is 0 Å². The molecule has 0 amide bonds. The van der Waals surface area contributed by atoms with E-state index in [4.69, 9.17) is 0 Å². The summed E-state index contributed by atoms with van der Waals surface area (Å²) in [7, 11) is 0. The lowest BCUT2D eigenvalue weighted by molar-refractivity contribution is 0.749. The number of allylic oxidation sites excluding steroid dienone is 6. The Kier molecular flexibility index (Phi) is 9.10. The van der Waals surface area contributed by atoms with Gasteiger partial charge in [-0.15, -0.1) is 0 Å². The van der Waals surface area contributed by atoms with Crippen LogP contribution in [0.5, 0.6) is 0 Å². The average molecular weight is 797 g/mol. The summed E-state index contributed by atoms with van der Waals surface area (Å²) < 4.78 is 0. The van der Waals surface area contributed by atoms with Gasteiger partial charge in [0.1, 0.15) is 0 Å². The molecule has 2 nitrogen and oxygen atoms in total. The third-order valence-electron chi connectivity index (χ3n) is 13.7. The lowest BCUT2D eigenvalue weighted by atomic mass is 9.86. The predicted octanol–water partition coefficient (Wildman–Crippen LogP) is 16.3. The molecular weight excluding hydrogens is 749 g/mol. The van der Waals surface area contributed by atoms with E-state index in [-0.39, 0.29) is 6.04 Å². The van der Waals surface area contributed by atoms with Crippen molar-refractivity contribution in [3.8, 4) is 11.1 Å². The monoisotopic (exact) mass is 796 g/mol. The highest BCUT2D eigenvalue weighted by atomic mass is 15.2. The number of benzene rings is 8. The van der Waals surface area contributed by atoms with Gasteiger partial charge in [-0.1, -0.05) is 158 Å². The van der Waals surface area contributed by atoms with Gasteiger partial charge in [0, 0.05) is 38.6 Å². The SMILES string of the molecule is C1=CC2=C(C=CC(N(c3ccc4ccccc4c3)c3c4ccccc4c(N(c4ccc5c(c4)C=CCC5)c4ccc5c(c4)C=CCC5)c4cc(-c5ccccc5)ccc34)C2)CC1. The maximum Gasteiger partial charge on any atom is 0.0620 e. The topological polar surface area (TPSA) is 6.48 Å². The molecule has 4 aliphatic carbocycles. The molecule has 2 heteroatoms. The summed E-state index contributed by atoms with van der Waals surface area (Å²) in [6, 6.07) is 57.6. The zero-order valence-electron chi connectivity index (χ0n) is 35.0. The standard InChI is InChI=1S/C60H48N2/c1-2-14-41(15-3-1)50-30-35-57-58(40-50)60(62(53-33-28-44-18-6-10-22-48(44)38-53)54-34-29-45-19-7-11-23-49(45)39-54)56-25-13-12-24-55(56)59(57)61(51-31-26-42-16-4-8-20-46(42)36-51)52-32-27-43-17-5-9-21-47(43)37-52/h1-4,8-16,20-36,38-40,52H,5-7,17-19,37H2. The molecule has 8 aromatic rings. The summed E-state index contributed by atoms with van der Waals surface area (Å²) in [4.78, 5) is 5.24. The highest BCUT2D eigenvalue weighted by Crippen LogP contribution is 2.52. The zero-order valence-corrected chi connectivity index (χ0v) is 35.0. The molecule has 0 heterocycles. The lowest BCUT2D eigenvalue weighted by Gasteiger charge is -2.38. The van der Waals surface area contributed by atoms with Crippen molar-refractivity contribution in [2.75, 3.05) is 9.80 Å². The van der Waals surface area contributed by atoms with E-state index in [1.165, 1.54) is 105 Å². The molecule has 298 valence electrons. The number of aryl methyl sites for hydroxylation is 2. The van der Waals surface area contributed by atoms with Gasteiger partial charge in [0.2, 0.25) is 0 Å². The summed E-state index contributed by atoms with van der Waals surface area (Å²) in [5.74, 6) is 0. The van der Waals surface area contributed by atoms with Crippen LogP contribution in [0.2, 0.25) is 0 Å². The normalized spacial score (nSPS) is 16.4. The fraction of sp³-hybridized carbons (Fsp3) is 0.133. The first kappa shape index (κ1) is 36.7. The smallest absolute Gasteiger partial charge is 0.0620 e. The van der Waals surface area contributed by atoms with Crippen molar-refractivity contribution in [1.82, 2.24) is 0 Å². The Labute approximate surface area is 364 Å². The quantitative estimate of drug-likeness (QED) is 0.117. The van der Waals surface area contributed by atoms with Crippen LogP contribution in [0.4, 0.5) is 28.4 Å². The molecule has 0 aliphatic heterocycles. The van der Waals surface area contributed by atoms with Crippen LogP contribution in [0.15, 0.2) is 199 Å². The fourth-order valence-corrected chi connectivity index (χ4v) is 10.6. The molecule has 0 radical (unpaired) electrons. The molecule has 0 saturated carbocycles. The first-order valence-corrected chi connectivity index (χ1v) is 22.5. The van der Waals surface area contributed by atoms with Crippen molar-refractivity contribution < 1.29 is 0 Å². The zero-order chi connectivity index (χ0) is 41.0. The minimum Gasteiger partial charge on any atom is -0.333 e. The Morgan fingerprint density at radius 1 is 0.403 bits per heavy atom. The highest BCUT2D eigenvalue weighted by Gasteiger charge is 2.30. The number of hydrogen-bond donors (Lipinski definition) is 0. The Balaban J connectivity index is 1.18. The van der Waals surface area contributed by atoms with Gasteiger partial charge in [0.25, 0.3) is 0 Å². The molecular formula is C60H48N2. The third-order valence-corrected chi connectivity index (χ3v) is 13.7. The van der Waals surface area contributed by atoms with E-state index < -0.39 is 0 Å². The van der Waals surface area contributed by atoms with Crippen LogP contribution >= 0.6 is 0 Å². The second-order valence-electron chi connectivity index (χ2n) is 17.4. The molecule has 0 N–H and O–H groups in total. The number of anilines is 5. The summed E-state index contributed by atoms with van der Waals surface area (Å²) in [6.45, 7) is 0. The van der Waals surface area contributed by atoms with Crippen molar-refractivity contribution in [3.63, 3.8) is 0 Å². The van der Waals surface area contributed by atoms with Crippen LogP contribution in [0, 0.1) is 0 Å². The molecule has 0 saturated heterocycles. The number of nitrogens with zero attached hydrogens (tertiary/aromatic N) is 2. The second-order valence-corrected chi connectivity index (χ2v) is 17.4. The average Bonchev–Trinajstić information content (AvgIpc) is 3.34. The highest BCUT2D eigenvalue weighted by molar-refractivity contribution is 6.23. The van der Waals surface area contributed by atoms with Crippen LogP contribution in [0.25, 0.3) is 55.6 Å². The molecule has 62 heavy (non-hydrogen) atoms. The van der Waals surface area contributed by atoms with Crippen molar-refractivity contribution in [1.29, 1.82) is 0 Å². The Hall–Kier alpha value is -7.16. The van der Waals surface area contributed by atoms with Crippen molar-refractivity contribution >= 4 is 72.9 Å². The van der Waals surface area contributed by atoms with Gasteiger partial charge < -0.3 is 9.80 Å². The molecule has 0 spiro atoms. The second kappa shape index (κ2) is 15.4. The van der Waals surface area contributed by atoms with Crippen LogP contribution < -0.4 is 9.80 Å².